The lowest BCUT2D eigenvalue weighted by Crippen LogP contribution is -2.11. The summed E-state index contributed by atoms with van der Waals surface area (Å²) in [5, 5.41) is 8.16. The van der Waals surface area contributed by atoms with Gasteiger partial charge in [-0.1, -0.05) is 41.5 Å². The molecule has 3 heteroatoms. The molecule has 0 aliphatic heterocycles. The van der Waals surface area contributed by atoms with E-state index in [1.54, 1.807) is 0 Å². The van der Waals surface area contributed by atoms with Crippen LogP contribution in [0.1, 0.15) is 59.2 Å². The molecule has 0 aliphatic carbocycles. The zero-order valence-corrected chi connectivity index (χ0v) is 9.96. The quantitative estimate of drug-likeness (QED) is 0.729. The molecule has 0 radical (unpaired) electrons. The van der Waals surface area contributed by atoms with Gasteiger partial charge >= 0.3 is 0 Å². The van der Waals surface area contributed by atoms with Crippen LogP contribution in [0.4, 0.5) is 0 Å². The van der Waals surface area contributed by atoms with E-state index in [2.05, 4.69) is 51.7 Å². The lowest BCUT2D eigenvalue weighted by Gasteiger charge is -2.13. The number of nitrogens with zero attached hydrogens (tertiary/aromatic N) is 2. The van der Waals surface area contributed by atoms with E-state index in [0.29, 0.717) is 11.8 Å². The van der Waals surface area contributed by atoms with Crippen molar-refractivity contribution in [1.29, 1.82) is 0 Å². The van der Waals surface area contributed by atoms with Crippen LogP contribution in [-0.2, 0) is 5.41 Å². The maximum Gasteiger partial charge on any atom is 0.221 e. The van der Waals surface area contributed by atoms with Gasteiger partial charge in [0, 0.05) is 11.3 Å². The van der Waals surface area contributed by atoms with Crippen LogP contribution < -0.4 is 0 Å². The molecule has 14 heavy (non-hydrogen) atoms. The maximum absolute atomic E-state index is 5.65. The molecule has 0 amide bonds. The molecule has 1 aromatic heterocycles. The van der Waals surface area contributed by atoms with Crippen LogP contribution in [0.3, 0.4) is 0 Å². The molecule has 0 saturated heterocycles. The topological polar surface area (TPSA) is 38.9 Å². The molecule has 1 atom stereocenters. The van der Waals surface area contributed by atoms with Crippen LogP contribution in [0.15, 0.2) is 4.42 Å². The summed E-state index contributed by atoms with van der Waals surface area (Å²) in [6, 6.07) is 0. The number of rotatable bonds is 2. The van der Waals surface area contributed by atoms with Gasteiger partial charge in [-0.3, -0.25) is 0 Å². The third-order valence-electron chi connectivity index (χ3n) is 2.47. The third-order valence-corrected chi connectivity index (χ3v) is 2.47. The molecule has 1 rings (SSSR count). The van der Waals surface area contributed by atoms with Crippen LogP contribution >= 0.6 is 0 Å². The molecular weight excluding hydrogens is 176 g/mol. The SMILES string of the molecule is CC(C)C(C)c1nnc(C(C)(C)C)o1. The highest BCUT2D eigenvalue weighted by Gasteiger charge is 2.24. The Hall–Kier alpha value is -0.860. The predicted molar refractivity (Wildman–Crippen MR) is 56.3 cm³/mol. The average Bonchev–Trinajstić information content (AvgIpc) is 2.49. The molecule has 80 valence electrons. The molecule has 1 unspecified atom stereocenters. The van der Waals surface area contributed by atoms with Crippen molar-refractivity contribution in [2.75, 3.05) is 0 Å². The van der Waals surface area contributed by atoms with Gasteiger partial charge in [-0.2, -0.15) is 0 Å². The first-order valence-electron chi connectivity index (χ1n) is 5.16. The van der Waals surface area contributed by atoms with Crippen LogP contribution in [0, 0.1) is 5.92 Å². The van der Waals surface area contributed by atoms with Crippen molar-refractivity contribution in [3.63, 3.8) is 0 Å². The van der Waals surface area contributed by atoms with Crippen molar-refractivity contribution in [2.24, 2.45) is 5.92 Å². The van der Waals surface area contributed by atoms with Crippen LogP contribution in [0.5, 0.6) is 0 Å². The minimum Gasteiger partial charge on any atom is -0.424 e. The molecule has 0 bridgehead atoms. The Kier molecular flexibility index (Phi) is 2.98. The number of aromatic nitrogens is 2. The summed E-state index contributed by atoms with van der Waals surface area (Å²) < 4.78 is 5.65. The van der Waals surface area contributed by atoms with Gasteiger partial charge in [0.2, 0.25) is 11.8 Å². The van der Waals surface area contributed by atoms with Crippen LogP contribution in [0.2, 0.25) is 0 Å². The summed E-state index contributed by atoms with van der Waals surface area (Å²) in [6.07, 6.45) is 0. The van der Waals surface area contributed by atoms with E-state index in [1.807, 2.05) is 0 Å². The second-order valence-electron chi connectivity index (χ2n) is 5.23. The summed E-state index contributed by atoms with van der Waals surface area (Å²) in [6.45, 7) is 12.7. The van der Waals surface area contributed by atoms with E-state index in [4.69, 9.17) is 4.42 Å². The fourth-order valence-corrected chi connectivity index (χ4v) is 1.01. The number of hydrogen-bond donors (Lipinski definition) is 0. The van der Waals surface area contributed by atoms with E-state index in [-0.39, 0.29) is 5.41 Å². The van der Waals surface area contributed by atoms with Crippen LogP contribution in [-0.4, -0.2) is 10.2 Å². The molecule has 0 fully saturated rings. The van der Waals surface area contributed by atoms with Gasteiger partial charge in [0.15, 0.2) is 0 Å². The Balaban J connectivity index is 2.89. The van der Waals surface area contributed by atoms with Gasteiger partial charge in [0.1, 0.15) is 0 Å². The molecule has 1 heterocycles. The van der Waals surface area contributed by atoms with E-state index >= 15 is 0 Å². The molecule has 0 N–H and O–H groups in total. The first-order chi connectivity index (χ1) is 6.32. The highest BCUT2D eigenvalue weighted by atomic mass is 16.4. The second-order valence-corrected chi connectivity index (χ2v) is 5.23. The van der Waals surface area contributed by atoms with Crippen molar-refractivity contribution in [3.8, 4) is 0 Å². The minimum absolute atomic E-state index is 0.0536. The first-order valence-corrected chi connectivity index (χ1v) is 5.16. The monoisotopic (exact) mass is 196 g/mol. The summed E-state index contributed by atoms with van der Waals surface area (Å²) in [5.41, 5.74) is -0.0536. The Morgan fingerprint density at radius 3 is 2.00 bits per heavy atom. The standard InChI is InChI=1S/C11H20N2O/c1-7(2)8(3)9-12-13-10(14-9)11(4,5)6/h7-8H,1-6H3. The highest BCUT2D eigenvalue weighted by Crippen LogP contribution is 2.26. The summed E-state index contributed by atoms with van der Waals surface area (Å²) >= 11 is 0. The van der Waals surface area contributed by atoms with Crippen molar-refractivity contribution in [2.45, 2.75) is 52.9 Å². The van der Waals surface area contributed by atoms with Gasteiger partial charge in [-0.25, -0.2) is 0 Å². The average molecular weight is 196 g/mol. The van der Waals surface area contributed by atoms with E-state index < -0.39 is 0 Å². The van der Waals surface area contributed by atoms with Crippen molar-refractivity contribution >= 4 is 0 Å². The maximum atomic E-state index is 5.65. The first kappa shape index (κ1) is 11.2. The van der Waals surface area contributed by atoms with E-state index in [0.717, 1.165) is 11.8 Å². The van der Waals surface area contributed by atoms with Crippen molar-refractivity contribution in [3.05, 3.63) is 11.8 Å². The van der Waals surface area contributed by atoms with Gasteiger partial charge in [0.25, 0.3) is 0 Å². The largest absolute Gasteiger partial charge is 0.424 e. The van der Waals surface area contributed by atoms with Crippen molar-refractivity contribution in [1.82, 2.24) is 10.2 Å². The van der Waals surface area contributed by atoms with Crippen molar-refractivity contribution < 1.29 is 4.42 Å². The predicted octanol–water partition coefficient (Wildman–Crippen LogP) is 3.13. The molecule has 0 aromatic carbocycles. The van der Waals surface area contributed by atoms with E-state index in [9.17, 15) is 0 Å². The Bertz CT molecular complexity index is 296. The molecule has 0 saturated carbocycles. The van der Waals surface area contributed by atoms with Crippen LogP contribution in [0.25, 0.3) is 0 Å². The van der Waals surface area contributed by atoms with E-state index in [1.165, 1.54) is 0 Å². The molecule has 1 aromatic rings. The lowest BCUT2D eigenvalue weighted by molar-refractivity contribution is 0.339. The zero-order chi connectivity index (χ0) is 10.9. The summed E-state index contributed by atoms with van der Waals surface area (Å²) in [4.78, 5) is 0. The van der Waals surface area contributed by atoms with Gasteiger partial charge in [-0.05, 0) is 5.92 Å². The van der Waals surface area contributed by atoms with Gasteiger partial charge in [0.05, 0.1) is 0 Å². The lowest BCUT2D eigenvalue weighted by atomic mass is 9.97. The molecular formula is C11H20N2O. The fourth-order valence-electron chi connectivity index (χ4n) is 1.01. The minimum atomic E-state index is -0.0536. The smallest absolute Gasteiger partial charge is 0.221 e. The Morgan fingerprint density at radius 1 is 1.07 bits per heavy atom. The molecule has 0 spiro atoms. The normalized spacial score (nSPS) is 14.8. The molecule has 0 aliphatic rings. The third kappa shape index (κ3) is 2.34. The Labute approximate surface area is 85.9 Å². The Morgan fingerprint density at radius 2 is 1.64 bits per heavy atom. The summed E-state index contributed by atoms with van der Waals surface area (Å²) in [7, 11) is 0. The van der Waals surface area contributed by atoms with Gasteiger partial charge in [-0.15, -0.1) is 10.2 Å². The second kappa shape index (κ2) is 3.71. The highest BCUT2D eigenvalue weighted by molar-refractivity contribution is 4.98. The van der Waals surface area contributed by atoms with Gasteiger partial charge < -0.3 is 4.42 Å². The zero-order valence-electron chi connectivity index (χ0n) is 9.96. The molecule has 3 nitrogen and oxygen atoms in total. The summed E-state index contributed by atoms with van der Waals surface area (Å²) in [5.74, 6) is 2.34. The number of hydrogen-bond acceptors (Lipinski definition) is 3. The fraction of sp³-hybridized carbons (Fsp3) is 0.818.